The second-order valence-corrected chi connectivity index (χ2v) is 4.29. The second kappa shape index (κ2) is 5.68. The maximum Gasteiger partial charge on any atom is 0.304 e. The summed E-state index contributed by atoms with van der Waals surface area (Å²) in [4.78, 5) is 10.8. The van der Waals surface area contributed by atoms with E-state index in [1.165, 1.54) is 0 Å². The molecule has 1 aromatic carbocycles. The van der Waals surface area contributed by atoms with Gasteiger partial charge in [0.05, 0.1) is 13.5 Å². The van der Waals surface area contributed by atoms with Crippen molar-refractivity contribution < 1.29 is 14.6 Å². The van der Waals surface area contributed by atoms with Crippen molar-refractivity contribution in [3.63, 3.8) is 0 Å². The largest absolute Gasteiger partial charge is 0.496 e. The summed E-state index contributed by atoms with van der Waals surface area (Å²) in [6.07, 6.45) is 0.0451. The Morgan fingerprint density at radius 3 is 2.59 bits per heavy atom. The fourth-order valence-electron chi connectivity index (χ4n) is 1.93. The third-order valence-electron chi connectivity index (χ3n) is 2.88. The molecule has 2 unspecified atom stereocenters. The Balaban J connectivity index is 3.02. The minimum atomic E-state index is -0.833. The van der Waals surface area contributed by atoms with Crippen LogP contribution in [0.3, 0.4) is 0 Å². The predicted molar refractivity (Wildman–Crippen MR) is 66.4 cm³/mol. The highest BCUT2D eigenvalue weighted by Gasteiger charge is 2.20. The van der Waals surface area contributed by atoms with Gasteiger partial charge in [0.2, 0.25) is 0 Å². The van der Waals surface area contributed by atoms with Crippen LogP contribution in [0.15, 0.2) is 18.2 Å². The van der Waals surface area contributed by atoms with Crippen LogP contribution in [0.4, 0.5) is 0 Å². The van der Waals surface area contributed by atoms with Gasteiger partial charge in [0.15, 0.2) is 0 Å². The zero-order valence-corrected chi connectivity index (χ0v) is 10.4. The Labute approximate surface area is 101 Å². The van der Waals surface area contributed by atoms with Crippen molar-refractivity contribution in [3.05, 3.63) is 29.3 Å². The fraction of sp³-hybridized carbons (Fsp3) is 0.462. The molecule has 94 valence electrons. The Bertz CT molecular complexity index is 402. The zero-order valence-electron chi connectivity index (χ0n) is 10.4. The van der Waals surface area contributed by atoms with Crippen molar-refractivity contribution >= 4 is 5.97 Å². The monoisotopic (exact) mass is 237 g/mol. The highest BCUT2D eigenvalue weighted by molar-refractivity contribution is 5.68. The number of hydrogen-bond acceptors (Lipinski definition) is 3. The van der Waals surface area contributed by atoms with Gasteiger partial charge in [-0.25, -0.2) is 0 Å². The Hall–Kier alpha value is -1.55. The number of benzene rings is 1. The summed E-state index contributed by atoms with van der Waals surface area (Å²) in [6.45, 7) is 3.76. The van der Waals surface area contributed by atoms with Gasteiger partial charge in [0, 0.05) is 12.0 Å². The molecule has 0 aliphatic heterocycles. The molecule has 0 saturated carbocycles. The van der Waals surface area contributed by atoms with Crippen LogP contribution in [0.25, 0.3) is 0 Å². The summed E-state index contributed by atoms with van der Waals surface area (Å²) in [5.74, 6) is -0.203. The van der Waals surface area contributed by atoms with Gasteiger partial charge < -0.3 is 15.6 Å². The van der Waals surface area contributed by atoms with E-state index in [0.29, 0.717) is 0 Å². The standard InChI is InChI=1S/C13H19NO3/c1-8-6-10(4-5-12(8)17-3)11(9(2)14)7-13(15)16/h4-6,9,11H,7,14H2,1-3H3,(H,15,16). The SMILES string of the molecule is COc1ccc(C(CC(=O)O)C(C)N)cc1C. The summed E-state index contributed by atoms with van der Waals surface area (Å²) in [5.41, 5.74) is 7.78. The molecule has 4 nitrogen and oxygen atoms in total. The van der Waals surface area contributed by atoms with Gasteiger partial charge in [0.1, 0.15) is 5.75 Å². The first kappa shape index (κ1) is 13.5. The molecule has 0 amide bonds. The average Bonchev–Trinajstić information content (AvgIpc) is 2.25. The lowest BCUT2D eigenvalue weighted by molar-refractivity contribution is -0.137. The Morgan fingerprint density at radius 2 is 2.18 bits per heavy atom. The van der Waals surface area contributed by atoms with Crippen LogP contribution in [0.5, 0.6) is 5.75 Å². The van der Waals surface area contributed by atoms with E-state index in [1.807, 2.05) is 32.0 Å². The van der Waals surface area contributed by atoms with Gasteiger partial charge in [-0.05, 0) is 31.0 Å². The van der Waals surface area contributed by atoms with Crippen LogP contribution in [0.1, 0.15) is 30.4 Å². The molecular weight excluding hydrogens is 218 g/mol. The quantitative estimate of drug-likeness (QED) is 0.820. The van der Waals surface area contributed by atoms with E-state index in [4.69, 9.17) is 15.6 Å². The molecule has 1 aromatic rings. The fourth-order valence-corrected chi connectivity index (χ4v) is 1.93. The lowest BCUT2D eigenvalue weighted by Gasteiger charge is -2.20. The average molecular weight is 237 g/mol. The number of methoxy groups -OCH3 is 1. The predicted octanol–water partition coefficient (Wildman–Crippen LogP) is 1.91. The van der Waals surface area contributed by atoms with Crippen LogP contribution < -0.4 is 10.5 Å². The minimum Gasteiger partial charge on any atom is -0.496 e. The molecule has 4 heteroatoms. The molecule has 0 bridgehead atoms. The van der Waals surface area contributed by atoms with Crippen molar-refractivity contribution in [3.8, 4) is 5.75 Å². The van der Waals surface area contributed by atoms with E-state index in [0.717, 1.165) is 16.9 Å². The van der Waals surface area contributed by atoms with Crippen molar-refractivity contribution in [2.45, 2.75) is 32.2 Å². The van der Waals surface area contributed by atoms with E-state index >= 15 is 0 Å². The number of carbonyl (C=O) groups is 1. The molecule has 0 radical (unpaired) electrons. The lowest BCUT2D eigenvalue weighted by atomic mass is 9.89. The number of hydrogen-bond donors (Lipinski definition) is 2. The number of rotatable bonds is 5. The summed E-state index contributed by atoms with van der Waals surface area (Å²) in [7, 11) is 1.61. The van der Waals surface area contributed by atoms with Crippen molar-refractivity contribution in [1.82, 2.24) is 0 Å². The van der Waals surface area contributed by atoms with Gasteiger partial charge in [-0.15, -0.1) is 0 Å². The van der Waals surface area contributed by atoms with Crippen LogP contribution in [0.2, 0.25) is 0 Å². The van der Waals surface area contributed by atoms with Crippen LogP contribution in [-0.2, 0) is 4.79 Å². The summed E-state index contributed by atoms with van der Waals surface area (Å²) in [6, 6.07) is 5.47. The third kappa shape index (κ3) is 3.46. The topological polar surface area (TPSA) is 72.5 Å². The van der Waals surface area contributed by atoms with E-state index in [-0.39, 0.29) is 18.4 Å². The number of ether oxygens (including phenoxy) is 1. The normalized spacial score (nSPS) is 14.1. The molecule has 0 heterocycles. The smallest absolute Gasteiger partial charge is 0.304 e. The molecule has 17 heavy (non-hydrogen) atoms. The number of nitrogens with two attached hydrogens (primary N) is 1. The summed E-state index contributed by atoms with van der Waals surface area (Å²) in [5, 5.41) is 8.88. The van der Waals surface area contributed by atoms with Crippen molar-refractivity contribution in [2.75, 3.05) is 7.11 Å². The van der Waals surface area contributed by atoms with E-state index in [1.54, 1.807) is 7.11 Å². The second-order valence-electron chi connectivity index (χ2n) is 4.29. The summed E-state index contributed by atoms with van der Waals surface area (Å²) >= 11 is 0. The Kier molecular flexibility index (Phi) is 4.52. The lowest BCUT2D eigenvalue weighted by Crippen LogP contribution is -2.26. The molecule has 1 rings (SSSR count). The molecular formula is C13H19NO3. The number of carboxylic acid groups (broad SMARTS) is 1. The number of aliphatic carboxylic acids is 1. The van der Waals surface area contributed by atoms with Gasteiger partial charge in [-0.1, -0.05) is 12.1 Å². The van der Waals surface area contributed by atoms with Gasteiger partial charge in [-0.3, -0.25) is 4.79 Å². The molecule has 0 aromatic heterocycles. The maximum absolute atomic E-state index is 10.8. The Morgan fingerprint density at radius 1 is 1.53 bits per heavy atom. The number of carboxylic acids is 1. The number of aryl methyl sites for hydroxylation is 1. The molecule has 0 saturated heterocycles. The summed E-state index contributed by atoms with van der Waals surface area (Å²) < 4.78 is 5.17. The molecule has 3 N–H and O–H groups in total. The van der Waals surface area contributed by atoms with Gasteiger partial charge >= 0.3 is 5.97 Å². The first-order chi connectivity index (χ1) is 7.95. The van der Waals surface area contributed by atoms with E-state index in [2.05, 4.69) is 0 Å². The molecule has 0 fully saturated rings. The van der Waals surface area contributed by atoms with Gasteiger partial charge in [-0.2, -0.15) is 0 Å². The molecule has 0 spiro atoms. The minimum absolute atomic E-state index is 0.0451. The highest BCUT2D eigenvalue weighted by atomic mass is 16.5. The van der Waals surface area contributed by atoms with Crippen molar-refractivity contribution in [2.24, 2.45) is 5.73 Å². The van der Waals surface area contributed by atoms with E-state index < -0.39 is 5.97 Å². The molecule has 0 aliphatic rings. The van der Waals surface area contributed by atoms with Crippen LogP contribution >= 0.6 is 0 Å². The van der Waals surface area contributed by atoms with Crippen LogP contribution in [-0.4, -0.2) is 24.2 Å². The highest BCUT2D eigenvalue weighted by Crippen LogP contribution is 2.27. The van der Waals surface area contributed by atoms with E-state index in [9.17, 15) is 4.79 Å². The molecule has 2 atom stereocenters. The van der Waals surface area contributed by atoms with Gasteiger partial charge in [0.25, 0.3) is 0 Å². The van der Waals surface area contributed by atoms with Crippen LogP contribution in [0, 0.1) is 6.92 Å². The third-order valence-corrected chi connectivity index (χ3v) is 2.88. The maximum atomic E-state index is 10.8. The zero-order chi connectivity index (χ0) is 13.0. The first-order valence-corrected chi connectivity index (χ1v) is 5.57. The van der Waals surface area contributed by atoms with Crippen molar-refractivity contribution in [1.29, 1.82) is 0 Å². The molecule has 0 aliphatic carbocycles. The first-order valence-electron chi connectivity index (χ1n) is 5.57.